The largest absolute Gasteiger partial charge is 0.369 e. The van der Waals surface area contributed by atoms with E-state index in [1.54, 1.807) is 0 Å². The maximum absolute atomic E-state index is 12.5. The molecular weight excluding hydrogens is 322 g/mol. The van der Waals surface area contributed by atoms with E-state index in [2.05, 4.69) is 55.1 Å². The number of benzene rings is 2. The first-order chi connectivity index (χ1) is 12.4. The molecule has 0 saturated carbocycles. The van der Waals surface area contributed by atoms with Gasteiger partial charge in [0.15, 0.2) is 0 Å². The van der Waals surface area contributed by atoms with E-state index in [0.29, 0.717) is 11.5 Å². The van der Waals surface area contributed by atoms with Crippen LogP contribution in [0.4, 0.5) is 11.4 Å². The first kappa shape index (κ1) is 18.5. The lowest BCUT2D eigenvalue weighted by Gasteiger charge is -2.35. The molecule has 0 radical (unpaired) electrons. The van der Waals surface area contributed by atoms with E-state index >= 15 is 0 Å². The van der Waals surface area contributed by atoms with Crippen LogP contribution in [-0.2, 0) is 0 Å². The molecule has 26 heavy (non-hydrogen) atoms. The van der Waals surface area contributed by atoms with Crippen LogP contribution in [0.2, 0.25) is 0 Å². The summed E-state index contributed by atoms with van der Waals surface area (Å²) in [5.41, 5.74) is 5.24. The normalized spacial score (nSPS) is 15.3. The zero-order valence-electron chi connectivity index (χ0n) is 16.2. The van der Waals surface area contributed by atoms with Crippen molar-refractivity contribution in [1.29, 1.82) is 0 Å². The van der Waals surface area contributed by atoms with Gasteiger partial charge in [0, 0.05) is 43.1 Å². The summed E-state index contributed by atoms with van der Waals surface area (Å²) in [4.78, 5) is 17.3. The molecule has 0 aliphatic carbocycles. The van der Waals surface area contributed by atoms with E-state index in [9.17, 15) is 4.79 Å². The highest BCUT2D eigenvalue weighted by molar-refractivity contribution is 6.04. The van der Waals surface area contributed by atoms with E-state index in [-0.39, 0.29) is 5.91 Å². The van der Waals surface area contributed by atoms with Crippen LogP contribution in [0.15, 0.2) is 42.5 Å². The van der Waals surface area contributed by atoms with Crippen molar-refractivity contribution in [2.75, 3.05) is 43.4 Å². The molecule has 1 fully saturated rings. The number of piperazine rings is 1. The second-order valence-electron chi connectivity index (χ2n) is 7.52. The Morgan fingerprint density at radius 3 is 2.23 bits per heavy atom. The van der Waals surface area contributed by atoms with Crippen molar-refractivity contribution in [1.82, 2.24) is 4.90 Å². The molecule has 0 bridgehead atoms. The van der Waals surface area contributed by atoms with Gasteiger partial charge in [0.25, 0.3) is 5.91 Å². The quantitative estimate of drug-likeness (QED) is 0.900. The van der Waals surface area contributed by atoms with Gasteiger partial charge in [-0.15, -0.1) is 0 Å². The summed E-state index contributed by atoms with van der Waals surface area (Å²) in [5, 5.41) is 3.02. The summed E-state index contributed by atoms with van der Waals surface area (Å²) in [5.74, 6) is 0.406. The third-order valence-corrected chi connectivity index (χ3v) is 5.14. The first-order valence-corrected chi connectivity index (χ1v) is 9.39. The number of nitrogens with zero attached hydrogens (tertiary/aromatic N) is 2. The van der Waals surface area contributed by atoms with Crippen LogP contribution < -0.4 is 10.2 Å². The molecule has 138 valence electrons. The summed E-state index contributed by atoms with van der Waals surface area (Å²) in [6.07, 6.45) is 0. The van der Waals surface area contributed by atoms with Gasteiger partial charge in [0.1, 0.15) is 0 Å². The molecule has 1 aliphatic heterocycles. The summed E-state index contributed by atoms with van der Waals surface area (Å²) < 4.78 is 0. The Balaban J connectivity index is 1.68. The number of hydrogen-bond acceptors (Lipinski definition) is 3. The minimum Gasteiger partial charge on any atom is -0.369 e. The average molecular weight is 351 g/mol. The fraction of sp³-hybridized carbons (Fsp3) is 0.409. The third kappa shape index (κ3) is 4.25. The highest BCUT2D eigenvalue weighted by Gasteiger charge is 2.16. The standard InChI is InChI=1S/C22H29N3O/c1-16(2)18-5-7-19(8-6-18)22(26)23-20-9-10-21(17(3)15-20)25-13-11-24(4)12-14-25/h5-10,15-16H,11-14H2,1-4H3,(H,23,26). The molecule has 4 heteroatoms. The number of carbonyl (C=O) groups excluding carboxylic acids is 1. The SMILES string of the molecule is Cc1cc(NC(=O)c2ccc(C(C)C)cc2)ccc1N1CCN(C)CC1. The fourth-order valence-corrected chi connectivity index (χ4v) is 3.36. The predicted octanol–water partition coefficient (Wildman–Crippen LogP) is 4.12. The second kappa shape index (κ2) is 7.92. The van der Waals surface area contributed by atoms with E-state index in [1.807, 2.05) is 30.3 Å². The highest BCUT2D eigenvalue weighted by Crippen LogP contribution is 2.25. The Morgan fingerprint density at radius 1 is 1.00 bits per heavy atom. The number of rotatable bonds is 4. The molecule has 4 nitrogen and oxygen atoms in total. The molecule has 1 amide bonds. The van der Waals surface area contributed by atoms with Gasteiger partial charge in [0.05, 0.1) is 0 Å². The number of anilines is 2. The maximum atomic E-state index is 12.5. The van der Waals surface area contributed by atoms with Gasteiger partial charge in [-0.3, -0.25) is 4.79 Å². The number of likely N-dealkylation sites (N-methyl/N-ethyl adjacent to an activating group) is 1. The minimum absolute atomic E-state index is 0.0629. The number of carbonyl (C=O) groups is 1. The third-order valence-electron chi connectivity index (χ3n) is 5.14. The van der Waals surface area contributed by atoms with Crippen molar-refractivity contribution in [2.24, 2.45) is 0 Å². The van der Waals surface area contributed by atoms with Crippen LogP contribution in [0.1, 0.15) is 41.3 Å². The Kier molecular flexibility index (Phi) is 5.62. The number of hydrogen-bond donors (Lipinski definition) is 1. The summed E-state index contributed by atoms with van der Waals surface area (Å²) in [6.45, 7) is 10.7. The molecule has 3 rings (SSSR count). The molecule has 0 spiro atoms. The lowest BCUT2D eigenvalue weighted by Crippen LogP contribution is -2.44. The van der Waals surface area contributed by atoms with Crippen LogP contribution in [0.25, 0.3) is 0 Å². The zero-order valence-corrected chi connectivity index (χ0v) is 16.2. The molecule has 1 heterocycles. The number of aryl methyl sites for hydroxylation is 1. The van der Waals surface area contributed by atoms with Crippen molar-refractivity contribution in [3.05, 3.63) is 59.2 Å². The fourth-order valence-electron chi connectivity index (χ4n) is 3.36. The Labute approximate surface area is 156 Å². The molecule has 0 aromatic heterocycles. The molecule has 1 N–H and O–H groups in total. The van der Waals surface area contributed by atoms with Crippen molar-refractivity contribution < 1.29 is 4.79 Å². The molecule has 0 atom stereocenters. The van der Waals surface area contributed by atoms with Crippen molar-refractivity contribution in [3.8, 4) is 0 Å². The van der Waals surface area contributed by atoms with Gasteiger partial charge in [0.2, 0.25) is 0 Å². The van der Waals surface area contributed by atoms with Crippen molar-refractivity contribution in [3.63, 3.8) is 0 Å². The zero-order chi connectivity index (χ0) is 18.7. The van der Waals surface area contributed by atoms with Gasteiger partial charge in [-0.25, -0.2) is 0 Å². The van der Waals surface area contributed by atoms with Crippen LogP contribution in [-0.4, -0.2) is 44.0 Å². The Morgan fingerprint density at radius 2 is 1.65 bits per heavy atom. The van der Waals surface area contributed by atoms with Crippen molar-refractivity contribution in [2.45, 2.75) is 26.7 Å². The van der Waals surface area contributed by atoms with Gasteiger partial charge < -0.3 is 15.1 Å². The summed E-state index contributed by atoms with van der Waals surface area (Å²) in [7, 11) is 2.16. The molecule has 1 saturated heterocycles. The topological polar surface area (TPSA) is 35.6 Å². The van der Waals surface area contributed by atoms with Gasteiger partial charge in [-0.05, 0) is 61.3 Å². The minimum atomic E-state index is -0.0629. The van der Waals surface area contributed by atoms with Crippen LogP contribution in [0, 0.1) is 6.92 Å². The average Bonchev–Trinajstić information content (AvgIpc) is 2.63. The van der Waals surface area contributed by atoms with Gasteiger partial charge in [-0.2, -0.15) is 0 Å². The van der Waals surface area contributed by atoms with Crippen LogP contribution in [0.5, 0.6) is 0 Å². The van der Waals surface area contributed by atoms with Crippen LogP contribution >= 0.6 is 0 Å². The number of amides is 1. The summed E-state index contributed by atoms with van der Waals surface area (Å²) >= 11 is 0. The number of nitrogens with one attached hydrogen (secondary N) is 1. The highest BCUT2D eigenvalue weighted by atomic mass is 16.1. The Hall–Kier alpha value is -2.33. The molecule has 2 aromatic rings. The monoisotopic (exact) mass is 351 g/mol. The van der Waals surface area contributed by atoms with E-state index in [4.69, 9.17) is 0 Å². The molecular formula is C22H29N3O. The van der Waals surface area contributed by atoms with Crippen molar-refractivity contribution >= 4 is 17.3 Å². The lowest BCUT2D eigenvalue weighted by molar-refractivity contribution is 0.102. The van der Waals surface area contributed by atoms with Gasteiger partial charge in [-0.1, -0.05) is 26.0 Å². The van der Waals surface area contributed by atoms with E-state index in [0.717, 1.165) is 31.9 Å². The Bertz CT molecular complexity index is 759. The molecule has 0 unspecified atom stereocenters. The maximum Gasteiger partial charge on any atom is 0.255 e. The first-order valence-electron chi connectivity index (χ1n) is 9.39. The molecule has 1 aliphatic rings. The van der Waals surface area contributed by atoms with Crippen LogP contribution in [0.3, 0.4) is 0 Å². The van der Waals surface area contributed by atoms with E-state index in [1.165, 1.54) is 16.8 Å². The smallest absolute Gasteiger partial charge is 0.255 e. The predicted molar refractivity (Wildman–Crippen MR) is 109 cm³/mol. The van der Waals surface area contributed by atoms with Gasteiger partial charge >= 0.3 is 0 Å². The lowest BCUT2D eigenvalue weighted by atomic mass is 10.0. The second-order valence-corrected chi connectivity index (χ2v) is 7.52. The van der Waals surface area contributed by atoms with E-state index < -0.39 is 0 Å². The summed E-state index contributed by atoms with van der Waals surface area (Å²) in [6, 6.07) is 14.0. The molecule has 2 aromatic carbocycles.